The minimum Gasteiger partial charge on any atom is -0.496 e. The summed E-state index contributed by atoms with van der Waals surface area (Å²) in [4.78, 5) is 16.8. The van der Waals surface area contributed by atoms with Crippen molar-refractivity contribution in [1.29, 1.82) is 0 Å². The van der Waals surface area contributed by atoms with Crippen LogP contribution in [0.15, 0.2) is 53.9 Å². The van der Waals surface area contributed by atoms with Crippen LogP contribution in [0.25, 0.3) is 0 Å². The summed E-state index contributed by atoms with van der Waals surface area (Å²) in [6.07, 6.45) is 1.86. The summed E-state index contributed by atoms with van der Waals surface area (Å²) >= 11 is 1.61. The standard InChI is InChI=1S/C22H24N2O2S/c1-16-8-9-20(26-2)18(12-16)10-11-23-21(25)14-19-15-27-22(24-19)13-17-6-4-3-5-7-17/h3-9,12,15H,10-11,13-14H2,1-2H3,(H,23,25). The van der Waals surface area contributed by atoms with Crippen molar-refractivity contribution in [3.8, 4) is 5.75 Å². The van der Waals surface area contributed by atoms with Crippen LogP contribution in [-0.4, -0.2) is 24.5 Å². The fourth-order valence-electron chi connectivity index (χ4n) is 2.95. The van der Waals surface area contributed by atoms with E-state index in [0.717, 1.165) is 34.9 Å². The van der Waals surface area contributed by atoms with Gasteiger partial charge in [-0.3, -0.25) is 4.79 Å². The Morgan fingerprint density at radius 1 is 1.19 bits per heavy atom. The van der Waals surface area contributed by atoms with Gasteiger partial charge in [0.25, 0.3) is 0 Å². The van der Waals surface area contributed by atoms with Crippen LogP contribution in [0, 0.1) is 6.92 Å². The molecule has 3 rings (SSSR count). The van der Waals surface area contributed by atoms with Crippen LogP contribution in [0.5, 0.6) is 5.75 Å². The number of rotatable bonds is 8. The molecular weight excluding hydrogens is 356 g/mol. The number of hydrogen-bond donors (Lipinski definition) is 1. The lowest BCUT2D eigenvalue weighted by atomic mass is 10.1. The molecule has 1 aromatic heterocycles. The van der Waals surface area contributed by atoms with Crippen LogP contribution in [0.2, 0.25) is 0 Å². The van der Waals surface area contributed by atoms with Crippen molar-refractivity contribution in [1.82, 2.24) is 10.3 Å². The van der Waals surface area contributed by atoms with E-state index >= 15 is 0 Å². The van der Waals surface area contributed by atoms with E-state index in [1.54, 1.807) is 18.4 Å². The van der Waals surface area contributed by atoms with Crippen molar-refractivity contribution in [2.24, 2.45) is 0 Å². The third-order valence-electron chi connectivity index (χ3n) is 4.29. The van der Waals surface area contributed by atoms with Crippen molar-refractivity contribution >= 4 is 17.2 Å². The number of ether oxygens (including phenoxy) is 1. The number of nitrogens with zero attached hydrogens (tertiary/aromatic N) is 1. The lowest BCUT2D eigenvalue weighted by molar-refractivity contribution is -0.120. The van der Waals surface area contributed by atoms with E-state index in [0.29, 0.717) is 13.0 Å². The van der Waals surface area contributed by atoms with Gasteiger partial charge >= 0.3 is 0 Å². The quantitative estimate of drug-likeness (QED) is 0.644. The van der Waals surface area contributed by atoms with Gasteiger partial charge in [-0.25, -0.2) is 4.98 Å². The first-order chi connectivity index (χ1) is 13.1. The van der Waals surface area contributed by atoms with E-state index in [4.69, 9.17) is 4.74 Å². The average molecular weight is 381 g/mol. The van der Waals surface area contributed by atoms with Crippen LogP contribution < -0.4 is 10.1 Å². The first kappa shape index (κ1) is 19.1. The molecule has 1 N–H and O–H groups in total. The Labute approximate surface area is 164 Å². The molecule has 0 unspecified atom stereocenters. The maximum Gasteiger partial charge on any atom is 0.226 e. The molecule has 0 bridgehead atoms. The van der Waals surface area contributed by atoms with Gasteiger partial charge in [0.15, 0.2) is 0 Å². The number of thiazole rings is 1. The Morgan fingerprint density at radius 2 is 2.00 bits per heavy atom. The molecule has 0 aliphatic heterocycles. The second kappa shape index (κ2) is 9.33. The van der Waals surface area contributed by atoms with Gasteiger partial charge in [-0.2, -0.15) is 0 Å². The number of nitrogens with one attached hydrogen (secondary N) is 1. The third kappa shape index (κ3) is 5.66. The number of carbonyl (C=O) groups is 1. The minimum atomic E-state index is -0.00168. The zero-order valence-corrected chi connectivity index (χ0v) is 16.5. The first-order valence-electron chi connectivity index (χ1n) is 9.01. The minimum absolute atomic E-state index is 0.00168. The number of carbonyl (C=O) groups excluding carboxylic acids is 1. The lowest BCUT2D eigenvalue weighted by Gasteiger charge is -2.10. The topological polar surface area (TPSA) is 51.2 Å². The highest BCUT2D eigenvalue weighted by atomic mass is 32.1. The predicted octanol–water partition coefficient (Wildman–Crippen LogP) is 3.95. The number of methoxy groups -OCH3 is 1. The molecule has 1 amide bonds. The summed E-state index contributed by atoms with van der Waals surface area (Å²) in [5.74, 6) is 0.859. The predicted molar refractivity (Wildman–Crippen MR) is 110 cm³/mol. The molecule has 0 saturated carbocycles. The number of aromatic nitrogens is 1. The molecule has 4 nitrogen and oxygen atoms in total. The highest BCUT2D eigenvalue weighted by Crippen LogP contribution is 2.20. The molecule has 3 aromatic rings. The van der Waals surface area contributed by atoms with Crippen LogP contribution >= 0.6 is 11.3 Å². The van der Waals surface area contributed by atoms with E-state index in [1.807, 2.05) is 35.7 Å². The molecule has 0 radical (unpaired) electrons. The van der Waals surface area contributed by atoms with Gasteiger partial charge in [-0.05, 0) is 30.5 Å². The second-order valence-electron chi connectivity index (χ2n) is 6.49. The van der Waals surface area contributed by atoms with Crippen LogP contribution in [-0.2, 0) is 24.1 Å². The van der Waals surface area contributed by atoms with E-state index in [1.165, 1.54) is 11.1 Å². The van der Waals surface area contributed by atoms with Crippen molar-refractivity contribution in [3.05, 3.63) is 81.3 Å². The average Bonchev–Trinajstić information content (AvgIpc) is 3.09. The molecule has 0 spiro atoms. The monoisotopic (exact) mass is 380 g/mol. The largest absolute Gasteiger partial charge is 0.496 e. The van der Waals surface area contributed by atoms with Crippen molar-refractivity contribution in [2.75, 3.05) is 13.7 Å². The Morgan fingerprint density at radius 3 is 2.78 bits per heavy atom. The number of hydrogen-bond acceptors (Lipinski definition) is 4. The molecule has 0 saturated heterocycles. The molecule has 0 atom stereocenters. The van der Waals surface area contributed by atoms with Gasteiger partial charge in [0.2, 0.25) is 5.91 Å². The fraction of sp³-hybridized carbons (Fsp3) is 0.273. The molecular formula is C22H24N2O2S. The zero-order valence-electron chi connectivity index (χ0n) is 15.7. The smallest absolute Gasteiger partial charge is 0.226 e. The second-order valence-corrected chi connectivity index (χ2v) is 7.43. The molecule has 5 heteroatoms. The van der Waals surface area contributed by atoms with Crippen LogP contribution in [0.1, 0.15) is 27.4 Å². The maximum atomic E-state index is 12.2. The molecule has 0 aliphatic rings. The summed E-state index contributed by atoms with van der Waals surface area (Å²) in [5, 5.41) is 5.99. The van der Waals surface area contributed by atoms with Gasteiger partial charge in [0.05, 0.1) is 24.2 Å². The molecule has 1 heterocycles. The highest BCUT2D eigenvalue weighted by molar-refractivity contribution is 7.09. The highest BCUT2D eigenvalue weighted by Gasteiger charge is 2.09. The van der Waals surface area contributed by atoms with E-state index in [-0.39, 0.29) is 5.91 Å². The summed E-state index contributed by atoms with van der Waals surface area (Å²) in [5.41, 5.74) is 4.36. The van der Waals surface area contributed by atoms with Crippen molar-refractivity contribution < 1.29 is 9.53 Å². The normalized spacial score (nSPS) is 10.6. The maximum absolute atomic E-state index is 12.2. The van der Waals surface area contributed by atoms with Gasteiger partial charge in [0.1, 0.15) is 5.75 Å². The van der Waals surface area contributed by atoms with Crippen LogP contribution in [0.3, 0.4) is 0 Å². The summed E-state index contributed by atoms with van der Waals surface area (Å²) < 4.78 is 5.38. The third-order valence-corrected chi connectivity index (χ3v) is 5.19. The zero-order chi connectivity index (χ0) is 19.1. The van der Waals surface area contributed by atoms with Crippen molar-refractivity contribution in [2.45, 2.75) is 26.2 Å². The van der Waals surface area contributed by atoms with Crippen LogP contribution in [0.4, 0.5) is 0 Å². The fourth-order valence-corrected chi connectivity index (χ4v) is 3.78. The number of amides is 1. The lowest BCUT2D eigenvalue weighted by Crippen LogP contribution is -2.27. The van der Waals surface area contributed by atoms with E-state index in [9.17, 15) is 4.79 Å². The molecule has 140 valence electrons. The number of benzene rings is 2. The van der Waals surface area contributed by atoms with Gasteiger partial charge < -0.3 is 10.1 Å². The molecule has 2 aromatic carbocycles. The Kier molecular flexibility index (Phi) is 6.60. The summed E-state index contributed by atoms with van der Waals surface area (Å²) in [6.45, 7) is 2.64. The van der Waals surface area contributed by atoms with Crippen molar-refractivity contribution in [3.63, 3.8) is 0 Å². The molecule has 0 aliphatic carbocycles. The van der Waals surface area contributed by atoms with Gasteiger partial charge in [-0.1, -0.05) is 48.0 Å². The Balaban J connectivity index is 1.48. The van der Waals surface area contributed by atoms with E-state index < -0.39 is 0 Å². The Bertz CT molecular complexity index is 890. The number of aryl methyl sites for hydroxylation is 1. The van der Waals surface area contributed by atoms with Gasteiger partial charge in [0, 0.05) is 18.3 Å². The molecule has 0 fully saturated rings. The van der Waals surface area contributed by atoms with Gasteiger partial charge in [-0.15, -0.1) is 11.3 Å². The summed E-state index contributed by atoms with van der Waals surface area (Å²) in [7, 11) is 1.67. The molecule has 27 heavy (non-hydrogen) atoms. The Hall–Kier alpha value is -2.66. The SMILES string of the molecule is COc1ccc(C)cc1CCNC(=O)Cc1csc(Cc2ccccc2)n1. The summed E-state index contributed by atoms with van der Waals surface area (Å²) in [6, 6.07) is 16.3. The van der Waals surface area contributed by atoms with E-state index in [2.05, 4.69) is 35.4 Å². The first-order valence-corrected chi connectivity index (χ1v) is 9.89.